The molecule has 1 aliphatic heterocycles. The van der Waals surface area contributed by atoms with E-state index < -0.39 is 18.0 Å². The van der Waals surface area contributed by atoms with Crippen LogP contribution in [0.4, 0.5) is 20.6 Å². The molecule has 11 heteroatoms. The van der Waals surface area contributed by atoms with Crippen molar-refractivity contribution in [2.45, 2.75) is 6.10 Å². The van der Waals surface area contributed by atoms with Gasteiger partial charge in [-0.1, -0.05) is 0 Å². The first kappa shape index (κ1) is 20.1. The fraction of sp³-hybridized carbons (Fsp3) is 0.467. The van der Waals surface area contributed by atoms with Crippen LogP contribution in [-0.4, -0.2) is 62.5 Å². The van der Waals surface area contributed by atoms with Gasteiger partial charge in [0.15, 0.2) is 0 Å². The minimum Gasteiger partial charge on any atom is -0.474 e. The third-order valence-corrected chi connectivity index (χ3v) is 3.84. The number of cyclic esters (lactones) is 1. The Balaban J connectivity index is 1.89. The van der Waals surface area contributed by atoms with Gasteiger partial charge in [0, 0.05) is 6.54 Å². The Hall–Kier alpha value is -2.21. The number of hydrazine groups is 1. The Kier molecular flexibility index (Phi) is 7.78. The van der Waals surface area contributed by atoms with E-state index in [1.54, 1.807) is 6.07 Å². The number of rotatable bonds is 9. The maximum absolute atomic E-state index is 14.2. The number of nitrogens with one attached hydrogen (secondary N) is 4. The predicted molar refractivity (Wildman–Crippen MR) is 98.3 cm³/mol. The smallest absolute Gasteiger partial charge is 0.414 e. The zero-order chi connectivity index (χ0) is 18.9. The van der Waals surface area contributed by atoms with Crippen molar-refractivity contribution in [3.05, 3.63) is 24.0 Å². The molecule has 0 aliphatic carbocycles. The van der Waals surface area contributed by atoms with Gasteiger partial charge in [0.2, 0.25) is 0 Å². The fourth-order valence-corrected chi connectivity index (χ4v) is 2.35. The monoisotopic (exact) mass is 387 g/mol. The number of hydrogen-bond donors (Lipinski definition) is 5. The van der Waals surface area contributed by atoms with Crippen molar-refractivity contribution < 1.29 is 23.8 Å². The number of nitrogens with zero attached hydrogens (tertiary/aromatic N) is 1. The van der Waals surface area contributed by atoms with Gasteiger partial charge < -0.3 is 25.2 Å². The van der Waals surface area contributed by atoms with Crippen LogP contribution < -0.4 is 26.4 Å². The van der Waals surface area contributed by atoms with Crippen LogP contribution in [0.3, 0.4) is 0 Å². The summed E-state index contributed by atoms with van der Waals surface area (Å²) in [7, 11) is 1.44. The number of methoxy groups -OCH3 is 1. The highest BCUT2D eigenvalue weighted by molar-refractivity contribution is 7.80. The lowest BCUT2D eigenvalue weighted by Crippen LogP contribution is -2.37. The molecular weight excluding hydrogens is 365 g/mol. The van der Waals surface area contributed by atoms with Gasteiger partial charge >= 0.3 is 6.09 Å². The Morgan fingerprint density at radius 1 is 1.50 bits per heavy atom. The third kappa shape index (κ3) is 5.66. The van der Waals surface area contributed by atoms with Crippen LogP contribution in [0.2, 0.25) is 0 Å². The molecule has 1 heterocycles. The Morgan fingerprint density at radius 3 is 3.00 bits per heavy atom. The fourth-order valence-electron chi connectivity index (χ4n) is 2.27. The molecule has 2 rings (SSSR count). The number of anilines is 2. The third-order valence-electron chi connectivity index (χ3n) is 3.53. The molecule has 1 amide bonds. The van der Waals surface area contributed by atoms with Crippen LogP contribution in [0, 0.1) is 5.82 Å². The lowest BCUT2D eigenvalue weighted by atomic mass is 10.2. The van der Waals surface area contributed by atoms with E-state index in [0.29, 0.717) is 18.8 Å². The highest BCUT2D eigenvalue weighted by atomic mass is 32.1. The first-order valence-electron chi connectivity index (χ1n) is 7.95. The summed E-state index contributed by atoms with van der Waals surface area (Å²) in [6.45, 7) is 1.22. The molecule has 1 aliphatic rings. The molecule has 26 heavy (non-hydrogen) atoms. The quantitative estimate of drug-likeness (QED) is 0.175. The normalized spacial score (nSPS) is 16.3. The largest absolute Gasteiger partial charge is 0.474 e. The lowest BCUT2D eigenvalue weighted by molar-refractivity contribution is 0.142. The van der Waals surface area contributed by atoms with Crippen molar-refractivity contribution in [2.24, 2.45) is 0 Å². The minimum absolute atomic E-state index is 0.00420. The highest BCUT2D eigenvalue weighted by Gasteiger charge is 2.32. The summed E-state index contributed by atoms with van der Waals surface area (Å²) in [5.41, 5.74) is 6.19. The Bertz CT molecular complexity index is 636. The maximum atomic E-state index is 14.2. The maximum Gasteiger partial charge on any atom is 0.414 e. The van der Waals surface area contributed by atoms with Crippen LogP contribution in [0.1, 0.15) is 0 Å². The van der Waals surface area contributed by atoms with Crippen molar-refractivity contribution in [3.63, 3.8) is 0 Å². The Morgan fingerprint density at radius 2 is 2.31 bits per heavy atom. The standard InChI is InChI=1S/C15H22FN5O4S/c1-24-14(26)17-7-11-8-21(15(23)25-11)10-2-3-13(12(16)6-10)18-9-20-19-4-5-22/h2-3,6,11,18-20,22H,4-5,7-9H2,1H3,(H,17,26)/t11-/m0/s1. The zero-order valence-corrected chi connectivity index (χ0v) is 15.1. The van der Waals surface area contributed by atoms with Gasteiger partial charge in [-0.2, -0.15) is 0 Å². The lowest BCUT2D eigenvalue weighted by Gasteiger charge is -2.15. The average molecular weight is 387 g/mol. The summed E-state index contributed by atoms with van der Waals surface area (Å²) in [4.78, 5) is 13.4. The van der Waals surface area contributed by atoms with E-state index in [2.05, 4.69) is 21.5 Å². The number of ether oxygens (including phenoxy) is 2. The molecule has 0 aromatic heterocycles. The molecule has 0 saturated carbocycles. The number of amides is 1. The summed E-state index contributed by atoms with van der Waals surface area (Å²) in [5.74, 6) is -0.499. The number of aliphatic hydroxyl groups is 1. The summed E-state index contributed by atoms with van der Waals surface area (Å²) < 4.78 is 24.3. The molecule has 1 atom stereocenters. The van der Waals surface area contributed by atoms with E-state index in [-0.39, 0.29) is 30.7 Å². The topological polar surface area (TPSA) is 107 Å². The summed E-state index contributed by atoms with van der Waals surface area (Å²) in [6, 6.07) is 4.43. The number of hydrogen-bond acceptors (Lipinski definition) is 8. The SMILES string of the molecule is COC(=S)NC[C@H]1CN(c2ccc(NCNNCCO)c(F)c2)C(=O)O1. The number of halogens is 1. The van der Waals surface area contributed by atoms with E-state index in [0.717, 1.165) is 0 Å². The van der Waals surface area contributed by atoms with Gasteiger partial charge in [-0.15, -0.1) is 0 Å². The molecule has 0 spiro atoms. The van der Waals surface area contributed by atoms with Crippen LogP contribution in [0.15, 0.2) is 18.2 Å². The summed E-state index contributed by atoms with van der Waals surface area (Å²) >= 11 is 4.87. The van der Waals surface area contributed by atoms with E-state index in [1.807, 2.05) is 0 Å². The molecule has 0 unspecified atom stereocenters. The molecule has 1 aromatic rings. The van der Waals surface area contributed by atoms with E-state index in [1.165, 1.54) is 24.1 Å². The number of benzene rings is 1. The number of carbonyl (C=O) groups is 1. The number of aliphatic hydroxyl groups excluding tert-OH is 1. The van der Waals surface area contributed by atoms with Gasteiger partial charge in [-0.05, 0) is 30.4 Å². The van der Waals surface area contributed by atoms with E-state index >= 15 is 0 Å². The molecule has 1 fully saturated rings. The average Bonchev–Trinajstić information content (AvgIpc) is 3.01. The molecule has 9 nitrogen and oxygen atoms in total. The molecule has 144 valence electrons. The van der Waals surface area contributed by atoms with Crippen molar-refractivity contribution in [2.75, 3.05) is 50.2 Å². The second-order valence-electron chi connectivity index (χ2n) is 5.33. The number of carbonyl (C=O) groups excluding carboxylic acids is 1. The first-order chi connectivity index (χ1) is 12.5. The van der Waals surface area contributed by atoms with Crippen LogP contribution in [0.25, 0.3) is 0 Å². The highest BCUT2D eigenvalue weighted by Crippen LogP contribution is 2.25. The molecule has 1 saturated heterocycles. The predicted octanol–water partition coefficient (Wildman–Crippen LogP) is 0.128. The summed E-state index contributed by atoms with van der Waals surface area (Å²) in [5, 5.41) is 14.5. The van der Waals surface area contributed by atoms with E-state index in [9.17, 15) is 9.18 Å². The van der Waals surface area contributed by atoms with Gasteiger partial charge in [0.25, 0.3) is 5.17 Å². The first-order valence-corrected chi connectivity index (χ1v) is 8.36. The zero-order valence-electron chi connectivity index (χ0n) is 14.3. The second-order valence-corrected chi connectivity index (χ2v) is 5.70. The van der Waals surface area contributed by atoms with Gasteiger partial charge in [0.05, 0.1) is 44.8 Å². The number of thiocarbonyl (C=S) groups is 1. The minimum atomic E-state index is -0.546. The van der Waals surface area contributed by atoms with Crippen molar-refractivity contribution in [1.29, 1.82) is 0 Å². The van der Waals surface area contributed by atoms with Gasteiger partial charge in [0.1, 0.15) is 11.9 Å². The molecule has 0 radical (unpaired) electrons. The van der Waals surface area contributed by atoms with Crippen molar-refractivity contribution >= 4 is 34.9 Å². The Labute approximate surface area is 155 Å². The van der Waals surface area contributed by atoms with E-state index in [4.69, 9.17) is 26.8 Å². The summed E-state index contributed by atoms with van der Waals surface area (Å²) in [6.07, 6.45) is -0.964. The van der Waals surface area contributed by atoms with Gasteiger partial charge in [-0.3, -0.25) is 10.3 Å². The molecule has 5 N–H and O–H groups in total. The van der Waals surface area contributed by atoms with Crippen LogP contribution >= 0.6 is 12.2 Å². The second kappa shape index (κ2) is 10.1. The molecule has 0 bridgehead atoms. The molecular formula is C15H22FN5O4S. The van der Waals surface area contributed by atoms with Crippen LogP contribution in [0.5, 0.6) is 0 Å². The molecule has 1 aromatic carbocycles. The van der Waals surface area contributed by atoms with Crippen molar-refractivity contribution in [3.8, 4) is 0 Å². The van der Waals surface area contributed by atoms with Crippen LogP contribution in [-0.2, 0) is 9.47 Å². The van der Waals surface area contributed by atoms with Crippen molar-refractivity contribution in [1.82, 2.24) is 16.2 Å². The van der Waals surface area contributed by atoms with Gasteiger partial charge in [-0.25, -0.2) is 14.6 Å².